The van der Waals surface area contributed by atoms with Crippen LogP contribution >= 0.6 is 0 Å². The second-order valence-electron chi connectivity index (χ2n) is 4.27. The molecule has 0 rings (SSSR count). The Morgan fingerprint density at radius 3 is 2.38 bits per heavy atom. The van der Waals surface area contributed by atoms with Crippen LogP contribution in [-0.4, -0.2) is 32.2 Å². The van der Waals surface area contributed by atoms with Crippen LogP contribution in [0.5, 0.6) is 0 Å². The van der Waals surface area contributed by atoms with E-state index in [9.17, 15) is 8.78 Å². The van der Waals surface area contributed by atoms with Gasteiger partial charge in [0.2, 0.25) is 0 Å². The van der Waals surface area contributed by atoms with Gasteiger partial charge in [0.25, 0.3) is 6.43 Å². The van der Waals surface area contributed by atoms with Gasteiger partial charge in [-0.1, -0.05) is 27.2 Å². The molecule has 0 aromatic rings. The van der Waals surface area contributed by atoms with E-state index in [0.29, 0.717) is 25.1 Å². The van der Waals surface area contributed by atoms with Crippen LogP contribution in [0.3, 0.4) is 0 Å². The van der Waals surface area contributed by atoms with Gasteiger partial charge in [-0.25, -0.2) is 8.78 Å². The quantitative estimate of drug-likeness (QED) is 0.590. The first-order valence-electron chi connectivity index (χ1n) is 6.19. The monoisotopic (exact) mass is 237 g/mol. The zero-order valence-corrected chi connectivity index (χ0v) is 10.6. The van der Waals surface area contributed by atoms with Crippen molar-refractivity contribution in [3.05, 3.63) is 0 Å². The van der Waals surface area contributed by atoms with Gasteiger partial charge in [0.15, 0.2) is 0 Å². The number of halogens is 2. The number of hydrogen-bond donors (Lipinski definition) is 1. The second-order valence-corrected chi connectivity index (χ2v) is 4.27. The predicted octanol–water partition coefficient (Wildman–Crippen LogP) is 3.07. The number of ether oxygens (including phenoxy) is 1. The lowest BCUT2D eigenvalue weighted by Gasteiger charge is -2.20. The molecule has 2 nitrogen and oxygen atoms in total. The topological polar surface area (TPSA) is 21.3 Å². The lowest BCUT2D eigenvalue weighted by molar-refractivity contribution is 0.0180. The summed E-state index contributed by atoms with van der Waals surface area (Å²) < 4.78 is 28.3. The Hall–Kier alpha value is -0.220. The van der Waals surface area contributed by atoms with Gasteiger partial charge in [0, 0.05) is 12.6 Å². The van der Waals surface area contributed by atoms with E-state index in [1.54, 1.807) is 0 Å². The Labute approximate surface area is 97.7 Å². The molecule has 0 aromatic heterocycles. The third kappa shape index (κ3) is 9.04. The van der Waals surface area contributed by atoms with Crippen LogP contribution in [0.1, 0.15) is 40.0 Å². The number of nitrogens with one attached hydrogen (secondary N) is 1. The summed E-state index contributed by atoms with van der Waals surface area (Å²) in [6.07, 6.45) is 1.03. The highest BCUT2D eigenvalue weighted by molar-refractivity contribution is 4.67. The average Bonchev–Trinajstić information content (AvgIpc) is 2.26. The molecule has 0 heterocycles. The molecular formula is C12H25F2NO. The van der Waals surface area contributed by atoms with Crippen LogP contribution in [0, 0.1) is 5.92 Å². The molecule has 0 spiro atoms. The largest absolute Gasteiger partial charge is 0.374 e. The van der Waals surface area contributed by atoms with E-state index < -0.39 is 13.0 Å². The van der Waals surface area contributed by atoms with E-state index in [1.165, 1.54) is 6.42 Å². The van der Waals surface area contributed by atoms with Gasteiger partial charge in [-0.15, -0.1) is 0 Å². The first kappa shape index (κ1) is 15.8. The van der Waals surface area contributed by atoms with Gasteiger partial charge in [-0.2, -0.15) is 0 Å². The fraction of sp³-hybridized carbons (Fsp3) is 1.00. The predicted molar refractivity (Wildman–Crippen MR) is 63.0 cm³/mol. The van der Waals surface area contributed by atoms with Crippen LogP contribution in [-0.2, 0) is 4.74 Å². The second kappa shape index (κ2) is 9.97. The highest BCUT2D eigenvalue weighted by Gasteiger charge is 2.09. The first-order valence-corrected chi connectivity index (χ1v) is 6.19. The lowest BCUT2D eigenvalue weighted by atomic mass is 9.98. The van der Waals surface area contributed by atoms with Crippen molar-refractivity contribution in [2.75, 3.05) is 19.8 Å². The molecule has 2 atom stereocenters. The molecular weight excluding hydrogens is 212 g/mol. The fourth-order valence-electron chi connectivity index (χ4n) is 1.55. The Morgan fingerprint density at radius 2 is 1.88 bits per heavy atom. The summed E-state index contributed by atoms with van der Waals surface area (Å²) in [5.41, 5.74) is 0. The van der Waals surface area contributed by atoms with Crippen molar-refractivity contribution in [3.63, 3.8) is 0 Å². The van der Waals surface area contributed by atoms with Gasteiger partial charge >= 0.3 is 0 Å². The highest BCUT2D eigenvalue weighted by atomic mass is 19.3. The van der Waals surface area contributed by atoms with Gasteiger partial charge < -0.3 is 10.1 Å². The first-order chi connectivity index (χ1) is 7.60. The molecule has 0 bridgehead atoms. The van der Waals surface area contributed by atoms with Crippen molar-refractivity contribution in [2.45, 2.75) is 52.5 Å². The molecule has 0 aliphatic heterocycles. The third-order valence-corrected chi connectivity index (χ3v) is 2.80. The van der Waals surface area contributed by atoms with E-state index in [4.69, 9.17) is 4.74 Å². The fourth-order valence-corrected chi connectivity index (χ4v) is 1.55. The molecule has 98 valence electrons. The van der Waals surface area contributed by atoms with E-state index >= 15 is 0 Å². The van der Waals surface area contributed by atoms with Crippen LogP contribution in [0.15, 0.2) is 0 Å². The maximum atomic E-state index is 11.8. The minimum absolute atomic E-state index is 0.362. The Balaban J connectivity index is 3.48. The van der Waals surface area contributed by atoms with Crippen LogP contribution in [0.25, 0.3) is 0 Å². The third-order valence-electron chi connectivity index (χ3n) is 2.80. The van der Waals surface area contributed by atoms with Crippen LogP contribution in [0.4, 0.5) is 8.78 Å². The molecule has 0 aliphatic carbocycles. The van der Waals surface area contributed by atoms with Crippen molar-refractivity contribution in [2.24, 2.45) is 5.92 Å². The molecule has 0 saturated heterocycles. The standard InChI is InChI=1S/C12H25F2NO/c1-4-10(3)8-11(5-2)15-6-7-16-9-12(13)14/h10-12,15H,4-9H2,1-3H3. The Bertz CT molecular complexity index is 156. The van der Waals surface area contributed by atoms with Gasteiger partial charge in [0.1, 0.15) is 6.61 Å². The summed E-state index contributed by atoms with van der Waals surface area (Å²) in [6.45, 7) is 7.12. The summed E-state index contributed by atoms with van der Waals surface area (Å²) in [5.74, 6) is 0.708. The zero-order chi connectivity index (χ0) is 12.4. The van der Waals surface area contributed by atoms with Gasteiger partial charge in [-0.3, -0.25) is 0 Å². The van der Waals surface area contributed by atoms with Gasteiger partial charge in [0.05, 0.1) is 6.61 Å². The smallest absolute Gasteiger partial charge is 0.261 e. The summed E-state index contributed by atoms with van der Waals surface area (Å²) >= 11 is 0. The van der Waals surface area contributed by atoms with Crippen molar-refractivity contribution >= 4 is 0 Å². The number of rotatable bonds is 10. The summed E-state index contributed by atoms with van der Waals surface area (Å²) in [5, 5.41) is 3.34. The van der Waals surface area contributed by atoms with Crippen molar-refractivity contribution in [1.82, 2.24) is 5.32 Å². The molecule has 0 saturated carbocycles. The molecule has 0 aromatic carbocycles. The minimum atomic E-state index is -2.36. The molecule has 1 N–H and O–H groups in total. The normalized spacial score (nSPS) is 15.4. The number of hydrogen-bond acceptors (Lipinski definition) is 2. The lowest BCUT2D eigenvalue weighted by Crippen LogP contribution is -2.33. The van der Waals surface area contributed by atoms with Crippen LogP contribution < -0.4 is 5.32 Å². The molecule has 4 heteroatoms. The summed E-state index contributed by atoms with van der Waals surface area (Å²) in [4.78, 5) is 0. The minimum Gasteiger partial charge on any atom is -0.374 e. The maximum Gasteiger partial charge on any atom is 0.261 e. The summed E-state index contributed by atoms with van der Waals surface area (Å²) in [7, 11) is 0. The van der Waals surface area contributed by atoms with Crippen molar-refractivity contribution in [3.8, 4) is 0 Å². The van der Waals surface area contributed by atoms with Crippen molar-refractivity contribution in [1.29, 1.82) is 0 Å². The average molecular weight is 237 g/mol. The molecule has 0 amide bonds. The van der Waals surface area contributed by atoms with E-state index in [1.807, 2.05) is 0 Å². The van der Waals surface area contributed by atoms with Crippen LogP contribution in [0.2, 0.25) is 0 Å². The Morgan fingerprint density at radius 1 is 1.19 bits per heavy atom. The maximum absolute atomic E-state index is 11.8. The molecule has 0 fully saturated rings. The molecule has 0 radical (unpaired) electrons. The highest BCUT2D eigenvalue weighted by Crippen LogP contribution is 2.11. The van der Waals surface area contributed by atoms with Gasteiger partial charge in [-0.05, 0) is 18.8 Å². The molecule has 2 unspecified atom stereocenters. The van der Waals surface area contributed by atoms with E-state index in [-0.39, 0.29) is 0 Å². The van der Waals surface area contributed by atoms with E-state index in [0.717, 1.165) is 12.8 Å². The molecule has 16 heavy (non-hydrogen) atoms. The Kier molecular flexibility index (Phi) is 9.83. The molecule has 0 aliphatic rings. The zero-order valence-electron chi connectivity index (χ0n) is 10.6. The SMILES string of the molecule is CCC(C)CC(CC)NCCOCC(F)F. The number of alkyl halides is 2. The summed E-state index contributed by atoms with van der Waals surface area (Å²) in [6, 6.07) is 0.477. The van der Waals surface area contributed by atoms with E-state index in [2.05, 4.69) is 26.1 Å². The van der Waals surface area contributed by atoms with Crippen molar-refractivity contribution < 1.29 is 13.5 Å².